The van der Waals surface area contributed by atoms with Gasteiger partial charge in [-0.15, -0.1) is 4.31 Å². The minimum Gasteiger partial charge on any atom is -0.343 e. The van der Waals surface area contributed by atoms with Gasteiger partial charge in [0.25, 0.3) is 17.7 Å². The molecule has 0 saturated carbocycles. The predicted molar refractivity (Wildman–Crippen MR) is 163 cm³/mol. The fraction of sp³-hybridized carbons (Fsp3) is 0.290. The summed E-state index contributed by atoms with van der Waals surface area (Å²) < 4.78 is 29.2. The van der Waals surface area contributed by atoms with Crippen molar-refractivity contribution in [3.63, 3.8) is 0 Å². The first-order valence-corrected chi connectivity index (χ1v) is 15.6. The van der Waals surface area contributed by atoms with E-state index in [1.165, 1.54) is 19.1 Å². The summed E-state index contributed by atoms with van der Waals surface area (Å²) in [5, 5.41) is 14.7. The summed E-state index contributed by atoms with van der Waals surface area (Å²) in [5.74, 6) is -4.36. The van der Waals surface area contributed by atoms with Crippen LogP contribution in [0.4, 0.5) is 0 Å². The van der Waals surface area contributed by atoms with Gasteiger partial charge in [-0.1, -0.05) is 66.7 Å². The third kappa shape index (κ3) is 8.36. The van der Waals surface area contributed by atoms with Crippen LogP contribution in [0.25, 0.3) is 0 Å². The zero-order valence-electron chi connectivity index (χ0n) is 24.5. The minimum absolute atomic E-state index is 0.0348. The molecule has 1 saturated heterocycles. The Morgan fingerprint density at radius 3 is 2.20 bits per heavy atom. The number of nitrogens with one attached hydrogen (secondary N) is 3. The summed E-state index contributed by atoms with van der Waals surface area (Å²) in [6.07, 6.45) is 0.843. The molecule has 0 spiro atoms. The number of amides is 4. The number of aryl methyl sites for hydroxylation is 1. The van der Waals surface area contributed by atoms with E-state index in [4.69, 9.17) is 5.73 Å². The van der Waals surface area contributed by atoms with E-state index in [0.717, 1.165) is 5.56 Å². The number of nitriles is 1. The fourth-order valence-electron chi connectivity index (χ4n) is 4.81. The number of benzene rings is 2. The molecule has 5 N–H and O–H groups in total. The van der Waals surface area contributed by atoms with E-state index in [1.807, 2.05) is 10.8 Å². The van der Waals surface area contributed by atoms with Crippen molar-refractivity contribution in [3.8, 4) is 6.07 Å². The lowest BCUT2D eigenvalue weighted by molar-refractivity contribution is -0.129. The summed E-state index contributed by atoms with van der Waals surface area (Å²) >= 11 is 0. The molecule has 2 aromatic carbocycles. The zero-order valence-corrected chi connectivity index (χ0v) is 25.3. The number of pyridine rings is 1. The van der Waals surface area contributed by atoms with E-state index in [1.54, 1.807) is 60.7 Å². The Hall–Kier alpha value is -4.97. The van der Waals surface area contributed by atoms with Crippen molar-refractivity contribution in [1.82, 2.24) is 24.6 Å². The molecule has 1 aliphatic rings. The highest BCUT2D eigenvalue weighted by Crippen LogP contribution is 2.17. The Morgan fingerprint density at radius 1 is 1.00 bits per heavy atom. The molecule has 4 rings (SSSR count). The van der Waals surface area contributed by atoms with E-state index in [-0.39, 0.29) is 34.8 Å². The van der Waals surface area contributed by atoms with E-state index in [2.05, 4.69) is 15.6 Å². The van der Waals surface area contributed by atoms with Gasteiger partial charge in [-0.05, 0) is 55.5 Å². The maximum Gasteiger partial charge on any atom is 0.335 e. The lowest BCUT2D eigenvalue weighted by Crippen LogP contribution is -2.58. The van der Waals surface area contributed by atoms with Crippen molar-refractivity contribution < 1.29 is 27.6 Å². The molecule has 0 aliphatic carbocycles. The smallest absolute Gasteiger partial charge is 0.335 e. The Kier molecular flexibility index (Phi) is 10.7. The first-order chi connectivity index (χ1) is 21.5. The maximum absolute atomic E-state index is 13.7. The summed E-state index contributed by atoms with van der Waals surface area (Å²) in [6.45, 7) is 1.88. The SMILES string of the molecule is Cc1ccc(C#N)nc1C(=O)N(C(=O)[C@@H]1CCCN1)S(=O)(=O)NC(=O)[C@H](Cc1ccccc1)NC(=O)[C@@H](N)Cc1ccccc1. The third-order valence-corrected chi connectivity index (χ3v) is 8.46. The molecular formula is C31H33N7O6S. The highest BCUT2D eigenvalue weighted by molar-refractivity contribution is 7.88. The van der Waals surface area contributed by atoms with Crippen LogP contribution in [0.5, 0.6) is 0 Å². The first kappa shape index (κ1) is 32.9. The summed E-state index contributed by atoms with van der Waals surface area (Å²) in [4.78, 5) is 57.7. The second-order valence-corrected chi connectivity index (χ2v) is 12.1. The van der Waals surface area contributed by atoms with Crippen LogP contribution in [0, 0.1) is 18.3 Å². The fourth-order valence-corrected chi connectivity index (χ4v) is 5.97. The minimum atomic E-state index is -5.19. The third-order valence-electron chi connectivity index (χ3n) is 7.18. The number of imide groups is 1. The van der Waals surface area contributed by atoms with Crippen molar-refractivity contribution >= 4 is 33.8 Å². The molecule has 4 amide bonds. The van der Waals surface area contributed by atoms with Crippen LogP contribution >= 0.6 is 0 Å². The largest absolute Gasteiger partial charge is 0.343 e. The second kappa shape index (κ2) is 14.7. The molecule has 13 nitrogen and oxygen atoms in total. The van der Waals surface area contributed by atoms with E-state index < -0.39 is 57.7 Å². The topological polar surface area (TPSA) is 204 Å². The van der Waals surface area contributed by atoms with Gasteiger partial charge in [-0.25, -0.2) is 9.71 Å². The Balaban J connectivity index is 1.63. The lowest BCUT2D eigenvalue weighted by Gasteiger charge is -2.26. The van der Waals surface area contributed by atoms with Gasteiger partial charge in [0.05, 0.1) is 12.1 Å². The number of nitrogens with zero attached hydrogens (tertiary/aromatic N) is 3. The molecule has 234 valence electrons. The normalized spacial score (nSPS) is 15.7. The zero-order chi connectivity index (χ0) is 32.6. The van der Waals surface area contributed by atoms with Crippen molar-refractivity contribution in [1.29, 1.82) is 5.26 Å². The van der Waals surface area contributed by atoms with Gasteiger partial charge in [0.15, 0.2) is 0 Å². The number of carbonyl (C=O) groups excluding carboxylic acids is 4. The van der Waals surface area contributed by atoms with Crippen LogP contribution in [0.15, 0.2) is 72.8 Å². The summed E-state index contributed by atoms with van der Waals surface area (Å²) in [5.41, 5.74) is 7.09. The average Bonchev–Trinajstić information content (AvgIpc) is 3.57. The number of rotatable bonds is 11. The highest BCUT2D eigenvalue weighted by atomic mass is 32.2. The maximum atomic E-state index is 13.7. The quantitative estimate of drug-likeness (QED) is 0.217. The van der Waals surface area contributed by atoms with Crippen molar-refractivity contribution in [2.75, 3.05) is 6.54 Å². The number of aromatic nitrogens is 1. The van der Waals surface area contributed by atoms with E-state index in [9.17, 15) is 32.9 Å². The molecule has 1 aromatic heterocycles. The highest BCUT2D eigenvalue weighted by Gasteiger charge is 2.42. The van der Waals surface area contributed by atoms with Crippen LogP contribution in [-0.4, -0.2) is 66.0 Å². The molecule has 0 radical (unpaired) electrons. The van der Waals surface area contributed by atoms with Crippen molar-refractivity contribution in [2.24, 2.45) is 5.73 Å². The summed E-state index contributed by atoms with van der Waals surface area (Å²) in [6, 6.07) is 18.5. The van der Waals surface area contributed by atoms with Crippen molar-refractivity contribution in [2.45, 2.75) is 50.7 Å². The van der Waals surface area contributed by atoms with Gasteiger partial charge in [0.1, 0.15) is 23.5 Å². The van der Waals surface area contributed by atoms with Crippen molar-refractivity contribution in [3.05, 3.63) is 101 Å². The standard InChI is InChI=1S/C31H33N7O6S/c1-20-14-15-23(19-32)35-27(20)31(42)38(30(41)25-13-8-16-34-25)45(43,44)37-29(40)26(18-22-11-6-3-7-12-22)36-28(39)24(33)17-21-9-4-2-5-10-21/h2-7,9-12,14-15,24-26,34H,8,13,16-18,33H2,1H3,(H,36,39)(H,37,40)/t24-,25-,26-/m0/s1. The number of nitrogens with two attached hydrogens (primary N) is 1. The molecule has 14 heteroatoms. The van der Waals surface area contributed by atoms with Crippen LogP contribution < -0.4 is 21.1 Å². The second-order valence-electron chi connectivity index (χ2n) is 10.5. The molecule has 1 aliphatic heterocycles. The number of hydrogen-bond donors (Lipinski definition) is 4. The van der Waals surface area contributed by atoms with Gasteiger partial charge in [-0.3, -0.25) is 19.2 Å². The Morgan fingerprint density at radius 2 is 1.62 bits per heavy atom. The van der Waals surface area contributed by atoms with Crippen LogP contribution in [-0.2, 0) is 37.4 Å². The number of hydrogen-bond acceptors (Lipinski definition) is 10. The molecule has 3 aromatic rings. The van der Waals surface area contributed by atoms with Crippen LogP contribution in [0.1, 0.15) is 45.7 Å². The molecular weight excluding hydrogens is 598 g/mol. The molecule has 3 atom stereocenters. The predicted octanol–water partition coefficient (Wildman–Crippen LogP) is 0.641. The number of carbonyl (C=O) groups is 4. The monoisotopic (exact) mass is 631 g/mol. The average molecular weight is 632 g/mol. The Labute approximate surface area is 261 Å². The molecule has 2 heterocycles. The van der Waals surface area contributed by atoms with Gasteiger partial charge in [0, 0.05) is 6.42 Å². The molecule has 0 bridgehead atoms. The summed E-state index contributed by atoms with van der Waals surface area (Å²) in [7, 11) is -5.19. The van der Waals surface area contributed by atoms with Gasteiger partial charge in [-0.2, -0.15) is 13.7 Å². The van der Waals surface area contributed by atoms with Gasteiger partial charge >= 0.3 is 10.2 Å². The lowest BCUT2D eigenvalue weighted by atomic mass is 10.0. The van der Waals surface area contributed by atoms with Crippen LogP contribution in [0.3, 0.4) is 0 Å². The molecule has 0 unspecified atom stereocenters. The molecule has 45 heavy (non-hydrogen) atoms. The first-order valence-electron chi connectivity index (χ1n) is 14.2. The Bertz CT molecular complexity index is 1710. The van der Waals surface area contributed by atoms with Gasteiger partial charge in [0.2, 0.25) is 5.91 Å². The van der Waals surface area contributed by atoms with E-state index in [0.29, 0.717) is 18.5 Å². The van der Waals surface area contributed by atoms with E-state index >= 15 is 0 Å². The molecule has 1 fully saturated rings. The van der Waals surface area contributed by atoms with Crippen LogP contribution in [0.2, 0.25) is 0 Å². The van der Waals surface area contributed by atoms with Gasteiger partial charge < -0.3 is 16.4 Å².